The molecule has 112 valence electrons. The highest BCUT2D eigenvalue weighted by atomic mass is 35.5. The molecular weight excluding hydrogens is 303 g/mol. The summed E-state index contributed by atoms with van der Waals surface area (Å²) in [6, 6.07) is 4.48. The van der Waals surface area contributed by atoms with E-state index in [9.17, 15) is 9.90 Å². The Hall–Kier alpha value is -1.01. The van der Waals surface area contributed by atoms with E-state index in [0.717, 1.165) is 0 Å². The predicted molar refractivity (Wildman–Crippen MR) is 79.5 cm³/mol. The summed E-state index contributed by atoms with van der Waals surface area (Å²) in [7, 11) is 1.56. The Morgan fingerprint density at radius 2 is 2.15 bits per heavy atom. The van der Waals surface area contributed by atoms with Gasteiger partial charge in [-0.25, -0.2) is 0 Å². The van der Waals surface area contributed by atoms with Crippen LogP contribution in [0.25, 0.3) is 0 Å². The highest BCUT2D eigenvalue weighted by Gasteiger charge is 2.13. The fraction of sp³-hybridized carbons (Fsp3) is 0.462. The largest absolute Gasteiger partial charge is 0.489 e. The average Bonchev–Trinajstić information content (AvgIpc) is 2.42. The fourth-order valence-electron chi connectivity index (χ4n) is 1.46. The minimum absolute atomic E-state index is 0.0643. The molecule has 0 fully saturated rings. The molecule has 1 aromatic carbocycles. The fourth-order valence-corrected chi connectivity index (χ4v) is 1.92. The molecule has 1 rings (SSSR count). The molecule has 0 heterocycles. The third-order valence-corrected chi connectivity index (χ3v) is 3.15. The lowest BCUT2D eigenvalue weighted by molar-refractivity contribution is -0.122. The third kappa shape index (κ3) is 5.54. The number of amides is 1. The van der Waals surface area contributed by atoms with Gasteiger partial charge in [0.25, 0.3) is 0 Å². The first-order chi connectivity index (χ1) is 9.43. The molecule has 20 heavy (non-hydrogen) atoms. The maximum Gasteiger partial charge on any atom is 0.236 e. The summed E-state index contributed by atoms with van der Waals surface area (Å²) in [5.74, 6) is 0.313. The van der Waals surface area contributed by atoms with Crippen LogP contribution in [0.2, 0.25) is 10.0 Å². The number of hydrogen-bond acceptors (Lipinski definition) is 4. The van der Waals surface area contributed by atoms with E-state index in [1.807, 2.05) is 0 Å². The quantitative estimate of drug-likeness (QED) is 0.711. The molecule has 0 aliphatic carbocycles. The van der Waals surface area contributed by atoms with Crippen LogP contribution in [0.15, 0.2) is 18.2 Å². The van der Waals surface area contributed by atoms with Gasteiger partial charge in [-0.3, -0.25) is 4.79 Å². The van der Waals surface area contributed by atoms with Gasteiger partial charge in [-0.1, -0.05) is 23.2 Å². The smallest absolute Gasteiger partial charge is 0.236 e. The Balaban J connectivity index is 2.36. The van der Waals surface area contributed by atoms with E-state index in [1.54, 1.807) is 32.2 Å². The van der Waals surface area contributed by atoms with E-state index < -0.39 is 6.10 Å². The summed E-state index contributed by atoms with van der Waals surface area (Å²) in [6.07, 6.45) is -0.756. The molecule has 0 aliphatic rings. The van der Waals surface area contributed by atoms with Crippen LogP contribution in [0.3, 0.4) is 0 Å². The van der Waals surface area contributed by atoms with Crippen molar-refractivity contribution in [3.05, 3.63) is 28.2 Å². The number of carbonyl (C=O) groups excluding carboxylic acids is 1. The Labute approximate surface area is 128 Å². The van der Waals surface area contributed by atoms with E-state index in [4.69, 9.17) is 27.9 Å². The highest BCUT2D eigenvalue weighted by molar-refractivity contribution is 6.35. The summed E-state index contributed by atoms with van der Waals surface area (Å²) >= 11 is 11.7. The van der Waals surface area contributed by atoms with Gasteiger partial charge in [0, 0.05) is 18.6 Å². The Morgan fingerprint density at radius 3 is 2.75 bits per heavy atom. The first kappa shape index (κ1) is 17.0. The molecule has 1 aromatic rings. The number of aliphatic hydroxyl groups excluding tert-OH is 1. The van der Waals surface area contributed by atoms with Crippen molar-refractivity contribution in [3.8, 4) is 5.75 Å². The van der Waals surface area contributed by atoms with Gasteiger partial charge in [0.1, 0.15) is 18.5 Å². The van der Waals surface area contributed by atoms with Crippen molar-refractivity contribution in [1.29, 1.82) is 0 Å². The van der Waals surface area contributed by atoms with Crippen molar-refractivity contribution in [2.24, 2.45) is 0 Å². The lowest BCUT2D eigenvalue weighted by Crippen LogP contribution is -2.44. The molecule has 2 unspecified atom stereocenters. The average molecular weight is 321 g/mol. The number of hydrogen-bond donors (Lipinski definition) is 3. The molecular formula is C13H18Cl2N2O3. The Kier molecular flexibility index (Phi) is 7.09. The van der Waals surface area contributed by atoms with Gasteiger partial charge in [-0.2, -0.15) is 0 Å². The maximum atomic E-state index is 11.3. The Bertz CT molecular complexity index is 457. The topological polar surface area (TPSA) is 70.6 Å². The first-order valence-electron chi connectivity index (χ1n) is 6.15. The minimum atomic E-state index is -0.756. The molecule has 0 aliphatic heterocycles. The van der Waals surface area contributed by atoms with Crippen molar-refractivity contribution in [2.75, 3.05) is 20.2 Å². The zero-order valence-electron chi connectivity index (χ0n) is 11.3. The van der Waals surface area contributed by atoms with E-state index >= 15 is 0 Å². The van der Waals surface area contributed by atoms with Crippen LogP contribution in [0.4, 0.5) is 0 Å². The summed E-state index contributed by atoms with van der Waals surface area (Å²) in [5, 5.41) is 16.1. The van der Waals surface area contributed by atoms with Gasteiger partial charge < -0.3 is 20.5 Å². The number of halogens is 2. The van der Waals surface area contributed by atoms with Crippen LogP contribution in [0, 0.1) is 0 Å². The van der Waals surface area contributed by atoms with E-state index in [-0.39, 0.29) is 25.1 Å². The monoisotopic (exact) mass is 320 g/mol. The second-order valence-corrected chi connectivity index (χ2v) is 5.13. The minimum Gasteiger partial charge on any atom is -0.489 e. The van der Waals surface area contributed by atoms with Crippen molar-refractivity contribution < 1.29 is 14.6 Å². The molecule has 0 aromatic heterocycles. The predicted octanol–water partition coefficient (Wildman–Crippen LogP) is 1.46. The van der Waals surface area contributed by atoms with Gasteiger partial charge in [0.15, 0.2) is 0 Å². The first-order valence-corrected chi connectivity index (χ1v) is 6.90. The zero-order chi connectivity index (χ0) is 15.1. The molecule has 0 spiro atoms. The van der Waals surface area contributed by atoms with Gasteiger partial charge in [0.05, 0.1) is 11.1 Å². The van der Waals surface area contributed by atoms with Crippen LogP contribution in [0.1, 0.15) is 6.92 Å². The summed E-state index contributed by atoms with van der Waals surface area (Å²) in [6.45, 7) is 2.01. The van der Waals surface area contributed by atoms with Gasteiger partial charge >= 0.3 is 0 Å². The standard InChI is InChI=1S/C13H18Cl2N2O3/c1-8(13(19)16-2)17-6-10(18)7-20-12-4-3-9(14)5-11(12)15/h3-5,8,10,17-18H,6-7H2,1-2H3,(H,16,19). The zero-order valence-corrected chi connectivity index (χ0v) is 12.8. The van der Waals surface area contributed by atoms with E-state index in [1.165, 1.54) is 0 Å². The van der Waals surface area contributed by atoms with Crippen LogP contribution in [-0.2, 0) is 4.79 Å². The number of likely N-dealkylation sites (N-methyl/N-ethyl adjacent to an activating group) is 1. The van der Waals surface area contributed by atoms with Gasteiger partial charge in [-0.15, -0.1) is 0 Å². The second kappa shape index (κ2) is 8.32. The highest BCUT2D eigenvalue weighted by Crippen LogP contribution is 2.27. The summed E-state index contributed by atoms with van der Waals surface area (Å²) in [5.41, 5.74) is 0. The lowest BCUT2D eigenvalue weighted by atomic mass is 10.3. The molecule has 7 heteroatoms. The molecule has 2 atom stereocenters. The second-order valence-electron chi connectivity index (χ2n) is 4.28. The molecule has 0 radical (unpaired) electrons. The third-order valence-electron chi connectivity index (χ3n) is 2.62. The van der Waals surface area contributed by atoms with Gasteiger partial charge in [-0.05, 0) is 25.1 Å². The number of aliphatic hydroxyl groups is 1. The van der Waals surface area contributed by atoms with Crippen LogP contribution >= 0.6 is 23.2 Å². The molecule has 0 saturated carbocycles. The molecule has 5 nitrogen and oxygen atoms in total. The molecule has 0 saturated heterocycles. The van der Waals surface area contributed by atoms with Crippen LogP contribution in [0.5, 0.6) is 5.75 Å². The lowest BCUT2D eigenvalue weighted by Gasteiger charge is -2.17. The summed E-state index contributed by atoms with van der Waals surface area (Å²) < 4.78 is 5.39. The Morgan fingerprint density at radius 1 is 1.45 bits per heavy atom. The number of ether oxygens (including phenoxy) is 1. The SMILES string of the molecule is CNC(=O)C(C)NCC(O)COc1ccc(Cl)cc1Cl. The van der Waals surface area contributed by atoms with Crippen molar-refractivity contribution in [2.45, 2.75) is 19.1 Å². The summed E-state index contributed by atoms with van der Waals surface area (Å²) in [4.78, 5) is 11.3. The molecule has 1 amide bonds. The van der Waals surface area contributed by atoms with Crippen LogP contribution < -0.4 is 15.4 Å². The van der Waals surface area contributed by atoms with Crippen molar-refractivity contribution in [3.63, 3.8) is 0 Å². The van der Waals surface area contributed by atoms with E-state index in [0.29, 0.717) is 15.8 Å². The maximum absolute atomic E-state index is 11.3. The van der Waals surface area contributed by atoms with Crippen molar-refractivity contribution in [1.82, 2.24) is 10.6 Å². The number of nitrogens with one attached hydrogen (secondary N) is 2. The number of rotatable bonds is 7. The molecule has 0 bridgehead atoms. The normalized spacial score (nSPS) is 13.7. The number of benzene rings is 1. The van der Waals surface area contributed by atoms with E-state index in [2.05, 4.69) is 10.6 Å². The molecule has 3 N–H and O–H groups in total. The number of carbonyl (C=O) groups is 1. The van der Waals surface area contributed by atoms with Crippen LogP contribution in [-0.4, -0.2) is 43.4 Å². The van der Waals surface area contributed by atoms with Gasteiger partial charge in [0.2, 0.25) is 5.91 Å². The van der Waals surface area contributed by atoms with Crippen molar-refractivity contribution >= 4 is 29.1 Å².